The molecule has 0 unspecified atom stereocenters. The van der Waals surface area contributed by atoms with Crippen LogP contribution in [0.2, 0.25) is 0 Å². The third-order valence-electron chi connectivity index (χ3n) is 3.47. The van der Waals surface area contributed by atoms with Crippen molar-refractivity contribution >= 4 is 31.9 Å². The van der Waals surface area contributed by atoms with Gasteiger partial charge in [-0.25, -0.2) is 0 Å². The molecule has 0 radical (unpaired) electrons. The molecule has 1 saturated heterocycles. The molecule has 1 spiro atoms. The monoisotopic (exact) mass is 340 g/mol. The first kappa shape index (κ1) is 12.3. The summed E-state index contributed by atoms with van der Waals surface area (Å²) in [5.74, 6) is -0.230. The second-order valence-corrected chi connectivity index (χ2v) is 5.94. The second-order valence-electron chi connectivity index (χ2n) is 4.82. The molecule has 4 heteroatoms. The molecule has 88 valence electrons. The lowest BCUT2D eigenvalue weighted by molar-refractivity contribution is -0.307. The zero-order valence-corrected chi connectivity index (χ0v) is 12.1. The fourth-order valence-electron chi connectivity index (χ4n) is 2.22. The molecular weight excluding hydrogens is 324 g/mol. The van der Waals surface area contributed by atoms with Crippen LogP contribution in [0, 0.1) is 5.41 Å². The van der Waals surface area contributed by atoms with Crippen LogP contribution in [0.25, 0.3) is 0 Å². The second kappa shape index (κ2) is 5.03. The summed E-state index contributed by atoms with van der Waals surface area (Å²) in [5.41, 5.74) is 0.128. The molecule has 2 nitrogen and oxygen atoms in total. The summed E-state index contributed by atoms with van der Waals surface area (Å²) in [6, 6.07) is 0. The molecule has 2 aliphatic rings. The van der Waals surface area contributed by atoms with Gasteiger partial charge >= 0.3 is 0 Å². The Morgan fingerprint density at radius 2 is 1.40 bits per heavy atom. The van der Waals surface area contributed by atoms with Gasteiger partial charge in [0.25, 0.3) is 0 Å². The Labute approximate surface area is 108 Å². The zero-order valence-electron chi connectivity index (χ0n) is 8.94. The highest BCUT2D eigenvalue weighted by atomic mass is 79.9. The van der Waals surface area contributed by atoms with Gasteiger partial charge in [0, 0.05) is 28.9 Å². The maximum Gasteiger partial charge on any atom is 0.168 e. The predicted molar refractivity (Wildman–Crippen MR) is 67.7 cm³/mol. The van der Waals surface area contributed by atoms with E-state index in [-0.39, 0.29) is 11.2 Å². The molecule has 0 N–H and O–H groups in total. The van der Waals surface area contributed by atoms with Crippen LogP contribution in [0.15, 0.2) is 0 Å². The molecule has 0 amide bonds. The minimum Gasteiger partial charge on any atom is -0.349 e. The van der Waals surface area contributed by atoms with Crippen LogP contribution < -0.4 is 0 Å². The Hall–Kier alpha value is 0.880. The fourth-order valence-corrected chi connectivity index (χ4v) is 3.80. The topological polar surface area (TPSA) is 18.5 Å². The van der Waals surface area contributed by atoms with Gasteiger partial charge in [-0.3, -0.25) is 0 Å². The van der Waals surface area contributed by atoms with E-state index in [4.69, 9.17) is 9.47 Å². The average molecular weight is 342 g/mol. The highest BCUT2D eigenvalue weighted by molar-refractivity contribution is 9.09. The molecule has 15 heavy (non-hydrogen) atoms. The van der Waals surface area contributed by atoms with E-state index in [2.05, 4.69) is 31.9 Å². The Morgan fingerprint density at radius 1 is 0.867 bits per heavy atom. The van der Waals surface area contributed by atoms with Crippen molar-refractivity contribution < 1.29 is 9.47 Å². The van der Waals surface area contributed by atoms with Crippen molar-refractivity contribution in [2.45, 2.75) is 37.9 Å². The zero-order chi connectivity index (χ0) is 10.8. The number of hydrogen-bond acceptors (Lipinski definition) is 2. The number of alkyl halides is 2. The minimum atomic E-state index is -0.230. The molecule has 1 heterocycles. The van der Waals surface area contributed by atoms with E-state index < -0.39 is 0 Å². The maximum atomic E-state index is 6.02. The van der Waals surface area contributed by atoms with Crippen LogP contribution in [-0.4, -0.2) is 29.7 Å². The van der Waals surface area contributed by atoms with Crippen LogP contribution in [-0.2, 0) is 9.47 Å². The number of rotatable bonds is 2. The van der Waals surface area contributed by atoms with E-state index in [1.165, 1.54) is 19.3 Å². The molecule has 0 aromatic carbocycles. The molecular formula is C11H18Br2O2. The first-order chi connectivity index (χ1) is 7.24. The lowest BCUT2D eigenvalue weighted by Crippen LogP contribution is -2.52. The normalized spacial score (nSPS) is 29.2. The summed E-state index contributed by atoms with van der Waals surface area (Å²) in [5, 5.41) is 1.86. The summed E-state index contributed by atoms with van der Waals surface area (Å²) in [6.07, 6.45) is 5.98. The van der Waals surface area contributed by atoms with Crippen LogP contribution in [0.5, 0.6) is 0 Å². The van der Waals surface area contributed by atoms with Crippen LogP contribution in [0.3, 0.4) is 0 Å². The van der Waals surface area contributed by atoms with Gasteiger partial charge in [0.1, 0.15) is 0 Å². The van der Waals surface area contributed by atoms with Crippen molar-refractivity contribution in [1.82, 2.24) is 0 Å². The largest absolute Gasteiger partial charge is 0.349 e. The van der Waals surface area contributed by atoms with Gasteiger partial charge in [0.05, 0.1) is 13.2 Å². The number of ether oxygens (including phenoxy) is 2. The molecule has 0 aromatic rings. The van der Waals surface area contributed by atoms with Crippen LogP contribution >= 0.6 is 31.9 Å². The van der Waals surface area contributed by atoms with Gasteiger partial charge in [-0.05, 0) is 12.8 Å². The Kier molecular flexibility index (Phi) is 4.14. The van der Waals surface area contributed by atoms with Crippen LogP contribution in [0.1, 0.15) is 32.1 Å². The highest BCUT2D eigenvalue weighted by Gasteiger charge is 2.44. The molecule has 0 bridgehead atoms. The van der Waals surface area contributed by atoms with Crippen molar-refractivity contribution in [3.05, 3.63) is 0 Å². The Balaban J connectivity index is 1.95. The van der Waals surface area contributed by atoms with E-state index in [0.717, 1.165) is 36.7 Å². The highest BCUT2D eigenvalue weighted by Crippen LogP contribution is 2.40. The van der Waals surface area contributed by atoms with Gasteiger partial charge in [-0.15, -0.1) is 0 Å². The molecule has 2 fully saturated rings. The molecule has 0 atom stereocenters. The summed E-state index contributed by atoms with van der Waals surface area (Å²) < 4.78 is 12.0. The van der Waals surface area contributed by atoms with E-state index in [1.807, 2.05) is 0 Å². The first-order valence-corrected chi connectivity index (χ1v) is 7.88. The van der Waals surface area contributed by atoms with Crippen molar-refractivity contribution in [3.63, 3.8) is 0 Å². The molecule has 1 aliphatic heterocycles. The van der Waals surface area contributed by atoms with Gasteiger partial charge in [-0.1, -0.05) is 38.3 Å². The third kappa shape index (κ3) is 2.59. The Bertz CT molecular complexity index is 199. The van der Waals surface area contributed by atoms with Crippen molar-refractivity contribution in [3.8, 4) is 0 Å². The SMILES string of the molecule is BrCC1(CBr)COC2(CCCCC2)OC1. The fraction of sp³-hybridized carbons (Fsp3) is 1.00. The van der Waals surface area contributed by atoms with Gasteiger partial charge in [-0.2, -0.15) is 0 Å². The minimum absolute atomic E-state index is 0.128. The van der Waals surface area contributed by atoms with Crippen LogP contribution in [0.4, 0.5) is 0 Å². The van der Waals surface area contributed by atoms with Gasteiger partial charge in [0.2, 0.25) is 0 Å². The molecule has 0 aromatic heterocycles. The first-order valence-electron chi connectivity index (χ1n) is 5.64. The molecule has 1 saturated carbocycles. The van der Waals surface area contributed by atoms with E-state index >= 15 is 0 Å². The summed E-state index contributed by atoms with van der Waals surface area (Å²) >= 11 is 7.10. The quantitative estimate of drug-likeness (QED) is 0.716. The van der Waals surface area contributed by atoms with Crippen molar-refractivity contribution in [1.29, 1.82) is 0 Å². The third-order valence-corrected chi connectivity index (χ3v) is 5.84. The van der Waals surface area contributed by atoms with E-state index in [0.29, 0.717) is 0 Å². The van der Waals surface area contributed by atoms with E-state index in [9.17, 15) is 0 Å². The lowest BCUT2D eigenvalue weighted by Gasteiger charge is -2.46. The number of halogens is 2. The van der Waals surface area contributed by atoms with Gasteiger partial charge < -0.3 is 9.47 Å². The van der Waals surface area contributed by atoms with Crippen molar-refractivity contribution in [2.24, 2.45) is 5.41 Å². The predicted octanol–water partition coefficient (Wildman–Crippen LogP) is 3.47. The molecule has 2 rings (SSSR count). The summed E-state index contributed by atoms with van der Waals surface area (Å²) in [7, 11) is 0. The summed E-state index contributed by atoms with van der Waals surface area (Å²) in [4.78, 5) is 0. The summed E-state index contributed by atoms with van der Waals surface area (Å²) in [6.45, 7) is 1.62. The maximum absolute atomic E-state index is 6.02. The molecule has 1 aliphatic carbocycles. The average Bonchev–Trinajstić information content (AvgIpc) is 2.32. The number of hydrogen-bond donors (Lipinski definition) is 0. The lowest BCUT2D eigenvalue weighted by atomic mass is 9.89. The standard InChI is InChI=1S/C11H18Br2O2/c12-6-10(7-13)8-14-11(15-9-10)4-2-1-3-5-11/h1-9H2. The Morgan fingerprint density at radius 3 is 1.87 bits per heavy atom. The smallest absolute Gasteiger partial charge is 0.168 e. The van der Waals surface area contributed by atoms with E-state index in [1.54, 1.807) is 0 Å². The van der Waals surface area contributed by atoms with Gasteiger partial charge in [0.15, 0.2) is 5.79 Å². The van der Waals surface area contributed by atoms with Crippen molar-refractivity contribution in [2.75, 3.05) is 23.9 Å².